The molecule has 0 rings (SSSR count). The van der Waals surface area contributed by atoms with Crippen LogP contribution in [0.15, 0.2) is 0 Å². The summed E-state index contributed by atoms with van der Waals surface area (Å²) in [6.45, 7) is 3.93. The van der Waals surface area contributed by atoms with Crippen molar-refractivity contribution in [1.82, 2.24) is 0 Å². The minimum absolute atomic E-state index is 0.418. The van der Waals surface area contributed by atoms with Crippen LogP contribution in [0.25, 0.3) is 0 Å². The number of hydrogen-bond donors (Lipinski definition) is 0. The van der Waals surface area contributed by atoms with Crippen molar-refractivity contribution in [3.05, 3.63) is 0 Å². The molecule has 0 saturated carbocycles. The maximum atomic E-state index is 10.5. The molecule has 0 aromatic rings. The van der Waals surface area contributed by atoms with E-state index in [4.69, 9.17) is 16.3 Å². The van der Waals surface area contributed by atoms with Crippen molar-refractivity contribution >= 4 is 33.0 Å². The lowest BCUT2D eigenvalue weighted by Crippen LogP contribution is -2.33. The Hall–Kier alpha value is 0.240. The largest absolute Gasteiger partial charge is 0.446 e. The summed E-state index contributed by atoms with van der Waals surface area (Å²) >= 11 is 8.40. The second-order valence-corrected chi connectivity index (χ2v) is 3.23. The predicted molar refractivity (Wildman–Crippen MR) is 49.4 cm³/mol. The van der Waals surface area contributed by atoms with Gasteiger partial charge in [0, 0.05) is 16.9 Å². The van der Waals surface area contributed by atoms with Gasteiger partial charge < -0.3 is 4.74 Å². The van der Waals surface area contributed by atoms with Gasteiger partial charge in [-0.15, -0.1) is 0 Å². The first-order valence-corrected chi connectivity index (χ1v) is 5.04. The Balaban J connectivity index is 4.16. The lowest BCUT2D eigenvalue weighted by atomic mass is 10.0. The van der Waals surface area contributed by atoms with Gasteiger partial charge in [-0.05, 0) is 12.8 Å². The van der Waals surface area contributed by atoms with Gasteiger partial charge in [-0.3, -0.25) is 0 Å². The molecule has 2 nitrogen and oxygen atoms in total. The zero-order chi connectivity index (χ0) is 8.91. The lowest BCUT2D eigenvalue weighted by Gasteiger charge is -2.27. The molecule has 0 heterocycles. The molecule has 0 radical (unpaired) electrons. The Bertz CT molecular complexity index is 126. The number of hydrogen-bond acceptors (Lipinski definition) is 2. The molecule has 0 aromatic heterocycles. The summed E-state index contributed by atoms with van der Waals surface area (Å²) < 4.78 is 4.97. The quantitative estimate of drug-likeness (QED) is 0.559. The van der Waals surface area contributed by atoms with Gasteiger partial charge in [0.25, 0.3) is 0 Å². The summed E-state index contributed by atoms with van der Waals surface area (Å²) in [5.74, 6) is 0. The van der Waals surface area contributed by atoms with E-state index in [-0.39, 0.29) is 0 Å². The molecule has 0 bridgehead atoms. The van der Waals surface area contributed by atoms with Crippen LogP contribution in [0, 0.1) is 0 Å². The van der Waals surface area contributed by atoms with Gasteiger partial charge in [-0.25, -0.2) is 4.79 Å². The highest BCUT2D eigenvalue weighted by Gasteiger charge is 2.28. The van der Waals surface area contributed by atoms with E-state index in [0.717, 1.165) is 12.8 Å². The average Bonchev–Trinajstić information content (AvgIpc) is 2.00. The molecule has 0 aliphatic rings. The molecule has 0 amide bonds. The van der Waals surface area contributed by atoms with E-state index >= 15 is 0 Å². The Morgan fingerprint density at radius 1 is 1.55 bits per heavy atom. The van der Waals surface area contributed by atoms with Crippen LogP contribution in [0.5, 0.6) is 0 Å². The fraction of sp³-hybridized carbons (Fsp3) is 0.857. The number of ether oxygens (including phenoxy) is 1. The van der Waals surface area contributed by atoms with E-state index in [2.05, 4.69) is 15.9 Å². The van der Waals surface area contributed by atoms with Crippen molar-refractivity contribution < 1.29 is 9.53 Å². The van der Waals surface area contributed by atoms with Gasteiger partial charge in [0.15, 0.2) is 0 Å². The molecule has 0 aromatic carbocycles. The van der Waals surface area contributed by atoms with E-state index in [1.54, 1.807) is 0 Å². The number of carbonyl (C=O) groups excluding carboxylic acids is 1. The molecule has 0 fully saturated rings. The first kappa shape index (κ1) is 11.2. The van der Waals surface area contributed by atoms with Crippen LogP contribution in [-0.4, -0.2) is 16.4 Å². The van der Waals surface area contributed by atoms with Crippen molar-refractivity contribution in [3.63, 3.8) is 0 Å². The number of halogens is 2. The third-order valence-electron chi connectivity index (χ3n) is 1.83. The summed E-state index contributed by atoms with van der Waals surface area (Å²) in [5, 5.41) is 0.630. The van der Waals surface area contributed by atoms with Crippen LogP contribution in [0.4, 0.5) is 4.79 Å². The molecule has 11 heavy (non-hydrogen) atoms. The Morgan fingerprint density at radius 3 is 2.09 bits per heavy atom. The molecule has 0 atom stereocenters. The Morgan fingerprint density at radius 2 is 2.00 bits per heavy atom. The van der Waals surface area contributed by atoms with Crippen LogP contribution < -0.4 is 0 Å². The normalized spacial score (nSPS) is 11.3. The Kier molecular flexibility index (Phi) is 5.10. The predicted octanol–water partition coefficient (Wildman–Crippen LogP) is 3.32. The van der Waals surface area contributed by atoms with Crippen molar-refractivity contribution in [2.24, 2.45) is 0 Å². The van der Waals surface area contributed by atoms with Crippen LogP contribution in [0.2, 0.25) is 0 Å². The SMILES string of the molecule is CCC(CC)(CBr)OC(=O)Cl. The highest BCUT2D eigenvalue weighted by molar-refractivity contribution is 9.09. The smallest absolute Gasteiger partial charge is 0.404 e. The molecule has 0 spiro atoms. The second kappa shape index (κ2) is 4.99. The molecule has 4 heteroatoms. The summed E-state index contributed by atoms with van der Waals surface area (Å²) in [5.41, 5.74) is -1.15. The fourth-order valence-corrected chi connectivity index (χ4v) is 1.85. The van der Waals surface area contributed by atoms with Crippen LogP contribution in [-0.2, 0) is 4.74 Å². The Labute approximate surface area is 80.4 Å². The molecular weight excluding hydrogens is 231 g/mol. The average molecular weight is 244 g/mol. The zero-order valence-corrected chi connectivity index (χ0v) is 9.04. The van der Waals surface area contributed by atoms with Gasteiger partial charge in [0.2, 0.25) is 0 Å². The van der Waals surface area contributed by atoms with Crippen LogP contribution >= 0.6 is 27.5 Å². The zero-order valence-electron chi connectivity index (χ0n) is 6.69. The maximum absolute atomic E-state index is 10.5. The molecule has 0 N–H and O–H groups in total. The topological polar surface area (TPSA) is 26.3 Å². The lowest BCUT2D eigenvalue weighted by molar-refractivity contribution is 0.0406. The van der Waals surface area contributed by atoms with E-state index in [0.29, 0.717) is 5.33 Å². The number of rotatable bonds is 4. The molecule has 0 unspecified atom stereocenters. The van der Waals surface area contributed by atoms with E-state index < -0.39 is 11.0 Å². The van der Waals surface area contributed by atoms with E-state index in [1.165, 1.54) is 0 Å². The second-order valence-electron chi connectivity index (χ2n) is 2.36. The van der Waals surface area contributed by atoms with Crippen LogP contribution in [0.1, 0.15) is 26.7 Å². The van der Waals surface area contributed by atoms with Gasteiger partial charge in [0.05, 0.1) is 0 Å². The molecule has 66 valence electrons. The standard InChI is InChI=1S/C7H12BrClO2/c1-3-7(4-2,5-8)11-6(9)10/h3-5H2,1-2H3. The van der Waals surface area contributed by atoms with Gasteiger partial charge in [-0.2, -0.15) is 0 Å². The maximum Gasteiger partial charge on any atom is 0.404 e. The van der Waals surface area contributed by atoms with Gasteiger partial charge >= 0.3 is 5.43 Å². The summed E-state index contributed by atoms with van der Waals surface area (Å²) in [7, 11) is 0. The third-order valence-corrected chi connectivity index (χ3v) is 2.93. The fourth-order valence-electron chi connectivity index (χ4n) is 0.781. The monoisotopic (exact) mass is 242 g/mol. The van der Waals surface area contributed by atoms with Gasteiger partial charge in [-0.1, -0.05) is 29.8 Å². The van der Waals surface area contributed by atoms with Crippen molar-refractivity contribution in [2.45, 2.75) is 32.3 Å². The van der Waals surface area contributed by atoms with Crippen molar-refractivity contribution in [2.75, 3.05) is 5.33 Å². The summed E-state index contributed by atoms with van der Waals surface area (Å²) in [6.07, 6.45) is 1.54. The summed E-state index contributed by atoms with van der Waals surface area (Å²) in [4.78, 5) is 10.5. The first-order valence-electron chi connectivity index (χ1n) is 3.54. The molecule has 0 aliphatic heterocycles. The first-order chi connectivity index (χ1) is 5.10. The van der Waals surface area contributed by atoms with E-state index in [1.807, 2.05) is 13.8 Å². The molecular formula is C7H12BrClO2. The summed E-state index contributed by atoms with van der Waals surface area (Å²) in [6, 6.07) is 0. The van der Waals surface area contributed by atoms with Crippen molar-refractivity contribution in [3.8, 4) is 0 Å². The van der Waals surface area contributed by atoms with Crippen molar-refractivity contribution in [1.29, 1.82) is 0 Å². The van der Waals surface area contributed by atoms with E-state index in [9.17, 15) is 4.79 Å². The third kappa shape index (κ3) is 3.43. The highest BCUT2D eigenvalue weighted by atomic mass is 79.9. The minimum Gasteiger partial charge on any atom is -0.446 e. The number of carbonyl (C=O) groups is 1. The van der Waals surface area contributed by atoms with Crippen LogP contribution in [0.3, 0.4) is 0 Å². The molecule has 0 aliphatic carbocycles. The number of alkyl halides is 1. The molecule has 0 saturated heterocycles. The highest BCUT2D eigenvalue weighted by Crippen LogP contribution is 2.23. The minimum atomic E-state index is -0.729. The van der Waals surface area contributed by atoms with Gasteiger partial charge in [0.1, 0.15) is 5.60 Å².